The van der Waals surface area contributed by atoms with Crippen LogP contribution in [0.2, 0.25) is 0 Å². The third-order valence-electron chi connectivity index (χ3n) is 12.6. The van der Waals surface area contributed by atoms with E-state index in [1.54, 1.807) is 0 Å². The second-order valence-corrected chi connectivity index (χ2v) is 15.4. The summed E-state index contributed by atoms with van der Waals surface area (Å²) in [6.45, 7) is 9.80. The highest BCUT2D eigenvalue weighted by molar-refractivity contribution is 5.78. The van der Waals surface area contributed by atoms with Gasteiger partial charge in [0.25, 0.3) is 0 Å². The number of carbonyl (C=O) groups is 1. The lowest BCUT2D eigenvalue weighted by molar-refractivity contribution is -0.121. The van der Waals surface area contributed by atoms with Crippen LogP contribution in [0.1, 0.15) is 169 Å². The lowest BCUT2D eigenvalue weighted by atomic mass is 9.63. The monoisotopic (exact) mass is 527 g/mol. The van der Waals surface area contributed by atoms with Crippen LogP contribution in [-0.4, -0.2) is 5.78 Å². The van der Waals surface area contributed by atoms with Gasteiger partial charge in [-0.25, -0.2) is 0 Å². The van der Waals surface area contributed by atoms with Crippen LogP contribution in [-0.2, 0) is 4.79 Å². The SMILES string of the molecule is CCCCC1CCC(C2CCC(CC(=O)CC3CCC(C4CCC(CCCC)CC4C)CC3)CC2)C(C)C1. The Morgan fingerprint density at radius 1 is 0.526 bits per heavy atom. The smallest absolute Gasteiger partial charge is 0.133 e. The first-order chi connectivity index (χ1) is 18.5. The van der Waals surface area contributed by atoms with E-state index in [1.165, 1.54) is 128 Å². The summed E-state index contributed by atoms with van der Waals surface area (Å²) in [6.07, 6.45) is 30.3. The van der Waals surface area contributed by atoms with Crippen molar-refractivity contribution in [3.05, 3.63) is 0 Å². The van der Waals surface area contributed by atoms with Crippen molar-refractivity contribution < 1.29 is 4.79 Å². The molecule has 0 heterocycles. The zero-order valence-corrected chi connectivity index (χ0v) is 26.2. The lowest BCUT2D eigenvalue weighted by Gasteiger charge is -2.42. The van der Waals surface area contributed by atoms with Crippen LogP contribution in [0.15, 0.2) is 0 Å². The Kier molecular flexibility index (Phi) is 12.6. The van der Waals surface area contributed by atoms with Crippen molar-refractivity contribution in [2.75, 3.05) is 0 Å². The predicted molar refractivity (Wildman–Crippen MR) is 164 cm³/mol. The molecular formula is C37H66O. The normalized spacial score (nSPS) is 40.6. The van der Waals surface area contributed by atoms with Gasteiger partial charge in [0.1, 0.15) is 5.78 Å². The van der Waals surface area contributed by atoms with E-state index < -0.39 is 0 Å². The summed E-state index contributed by atoms with van der Waals surface area (Å²) in [7, 11) is 0. The third kappa shape index (κ3) is 8.83. The fraction of sp³-hybridized carbons (Fsp3) is 0.973. The number of hydrogen-bond donors (Lipinski definition) is 0. The van der Waals surface area contributed by atoms with Crippen LogP contribution < -0.4 is 0 Å². The van der Waals surface area contributed by atoms with Crippen molar-refractivity contribution in [1.29, 1.82) is 0 Å². The fourth-order valence-electron chi connectivity index (χ4n) is 10.3. The standard InChI is InChI=1S/C37H66O/c1-5-7-9-29-15-21-36(27(3)23-29)33-17-11-31(12-18-33)25-35(38)26-32-13-19-34(20-14-32)37-22-16-30(10-8-6-2)24-28(37)4/h27-34,36-37H,5-26H2,1-4H3. The van der Waals surface area contributed by atoms with Gasteiger partial charge < -0.3 is 0 Å². The quantitative estimate of drug-likeness (QED) is 0.247. The Morgan fingerprint density at radius 3 is 1.24 bits per heavy atom. The molecular weight excluding hydrogens is 460 g/mol. The molecule has 0 aliphatic heterocycles. The van der Waals surface area contributed by atoms with Crippen LogP contribution in [0.5, 0.6) is 0 Å². The second-order valence-electron chi connectivity index (χ2n) is 15.4. The summed E-state index contributed by atoms with van der Waals surface area (Å²) in [5, 5.41) is 0. The number of hydrogen-bond acceptors (Lipinski definition) is 1. The topological polar surface area (TPSA) is 17.1 Å². The van der Waals surface area contributed by atoms with Crippen LogP contribution >= 0.6 is 0 Å². The maximum absolute atomic E-state index is 13.1. The van der Waals surface area contributed by atoms with E-state index in [9.17, 15) is 4.79 Å². The van der Waals surface area contributed by atoms with E-state index in [4.69, 9.17) is 0 Å². The van der Waals surface area contributed by atoms with Gasteiger partial charge in [-0.15, -0.1) is 0 Å². The van der Waals surface area contributed by atoms with E-state index in [0.717, 1.165) is 60.2 Å². The first-order valence-corrected chi connectivity index (χ1v) is 18.0. The molecule has 0 spiro atoms. The average Bonchev–Trinajstić information content (AvgIpc) is 2.92. The van der Waals surface area contributed by atoms with Crippen LogP contribution in [0.4, 0.5) is 0 Å². The van der Waals surface area contributed by atoms with Gasteiger partial charge >= 0.3 is 0 Å². The van der Waals surface area contributed by atoms with Gasteiger partial charge in [0.15, 0.2) is 0 Å². The van der Waals surface area contributed by atoms with Crippen molar-refractivity contribution in [3.63, 3.8) is 0 Å². The number of carbonyl (C=O) groups excluding carboxylic acids is 1. The number of Topliss-reactive ketones (excluding diaryl/α,β-unsaturated/α-hetero) is 1. The predicted octanol–water partition coefficient (Wildman–Crippen LogP) is 11.4. The van der Waals surface area contributed by atoms with Crippen LogP contribution in [0.25, 0.3) is 0 Å². The van der Waals surface area contributed by atoms with Gasteiger partial charge in [-0.1, -0.05) is 79.1 Å². The van der Waals surface area contributed by atoms with E-state index in [2.05, 4.69) is 27.7 Å². The Morgan fingerprint density at radius 2 is 0.895 bits per heavy atom. The summed E-state index contributed by atoms with van der Waals surface area (Å²) in [4.78, 5) is 13.1. The van der Waals surface area contributed by atoms with Gasteiger partial charge in [0.2, 0.25) is 0 Å². The first kappa shape index (κ1) is 30.6. The van der Waals surface area contributed by atoms with Crippen molar-refractivity contribution >= 4 is 5.78 Å². The molecule has 4 rings (SSSR count). The Hall–Kier alpha value is -0.330. The second kappa shape index (κ2) is 15.6. The van der Waals surface area contributed by atoms with Crippen molar-refractivity contribution in [3.8, 4) is 0 Å². The third-order valence-corrected chi connectivity index (χ3v) is 12.6. The summed E-state index contributed by atoms with van der Waals surface area (Å²) in [5.74, 6) is 9.80. The van der Waals surface area contributed by atoms with Crippen LogP contribution in [0.3, 0.4) is 0 Å². The lowest BCUT2D eigenvalue weighted by Crippen LogP contribution is -2.32. The maximum Gasteiger partial charge on any atom is 0.133 e. The van der Waals surface area contributed by atoms with Gasteiger partial charge in [0, 0.05) is 12.8 Å². The van der Waals surface area contributed by atoms with Crippen molar-refractivity contribution in [2.45, 2.75) is 169 Å². The molecule has 4 saturated carbocycles. The van der Waals surface area contributed by atoms with Gasteiger partial charge in [-0.05, 0) is 136 Å². The zero-order chi connectivity index (χ0) is 26.9. The molecule has 0 amide bonds. The summed E-state index contributed by atoms with van der Waals surface area (Å²) >= 11 is 0. The molecule has 220 valence electrons. The Balaban J connectivity index is 1.10. The minimum absolute atomic E-state index is 0.617. The minimum Gasteiger partial charge on any atom is -0.300 e. The highest BCUT2D eigenvalue weighted by atomic mass is 16.1. The molecule has 0 aromatic heterocycles. The highest BCUT2D eigenvalue weighted by Gasteiger charge is 2.37. The molecule has 4 aliphatic rings. The number of unbranched alkanes of at least 4 members (excludes halogenated alkanes) is 2. The maximum atomic E-state index is 13.1. The molecule has 1 heteroatoms. The van der Waals surface area contributed by atoms with Gasteiger partial charge in [0.05, 0.1) is 0 Å². The van der Waals surface area contributed by atoms with E-state index in [0.29, 0.717) is 17.6 Å². The molecule has 38 heavy (non-hydrogen) atoms. The molecule has 0 N–H and O–H groups in total. The molecule has 4 fully saturated rings. The molecule has 0 aromatic carbocycles. The van der Waals surface area contributed by atoms with Gasteiger partial charge in [-0.2, -0.15) is 0 Å². The number of rotatable bonds is 12. The average molecular weight is 527 g/mol. The molecule has 0 radical (unpaired) electrons. The zero-order valence-electron chi connectivity index (χ0n) is 26.2. The Labute approximate surface area is 238 Å². The fourth-order valence-corrected chi connectivity index (χ4v) is 10.3. The highest BCUT2D eigenvalue weighted by Crippen LogP contribution is 2.47. The first-order valence-electron chi connectivity index (χ1n) is 18.0. The molecule has 6 unspecified atom stereocenters. The molecule has 0 bridgehead atoms. The largest absolute Gasteiger partial charge is 0.300 e. The molecule has 1 nitrogen and oxygen atoms in total. The Bertz CT molecular complexity index is 610. The number of ketones is 1. The minimum atomic E-state index is 0.617. The molecule has 6 atom stereocenters. The summed E-state index contributed by atoms with van der Waals surface area (Å²) in [5.41, 5.74) is 0. The molecule has 0 saturated heterocycles. The van der Waals surface area contributed by atoms with E-state index in [1.807, 2.05) is 0 Å². The molecule has 0 aromatic rings. The van der Waals surface area contributed by atoms with Crippen molar-refractivity contribution in [1.82, 2.24) is 0 Å². The van der Waals surface area contributed by atoms with Crippen LogP contribution in [0, 0.1) is 59.2 Å². The molecule has 4 aliphatic carbocycles. The summed E-state index contributed by atoms with van der Waals surface area (Å²) in [6, 6.07) is 0. The van der Waals surface area contributed by atoms with E-state index in [-0.39, 0.29) is 0 Å². The van der Waals surface area contributed by atoms with Gasteiger partial charge in [-0.3, -0.25) is 4.79 Å². The van der Waals surface area contributed by atoms with E-state index >= 15 is 0 Å². The summed E-state index contributed by atoms with van der Waals surface area (Å²) < 4.78 is 0. The van der Waals surface area contributed by atoms with Crippen molar-refractivity contribution in [2.24, 2.45) is 59.2 Å².